The lowest BCUT2D eigenvalue weighted by Crippen LogP contribution is -2.44. The third-order valence-corrected chi connectivity index (χ3v) is 6.50. The lowest BCUT2D eigenvalue weighted by Gasteiger charge is -2.32. The maximum absolute atomic E-state index is 12.7. The SMILES string of the molecule is CC(=O)c1ccc(S(=O)(=O)NC2CC3C(=O)Nc4ccccc4N3C2)cc1. The van der Waals surface area contributed by atoms with Gasteiger partial charge in [0.25, 0.3) is 0 Å². The van der Waals surface area contributed by atoms with Gasteiger partial charge in [0, 0.05) is 18.2 Å². The van der Waals surface area contributed by atoms with Crippen LogP contribution >= 0.6 is 0 Å². The van der Waals surface area contributed by atoms with Crippen LogP contribution in [0.1, 0.15) is 23.7 Å². The Hall–Kier alpha value is -2.71. The summed E-state index contributed by atoms with van der Waals surface area (Å²) in [5.41, 5.74) is 2.09. The molecule has 27 heavy (non-hydrogen) atoms. The first-order chi connectivity index (χ1) is 12.8. The molecule has 4 rings (SSSR count). The summed E-state index contributed by atoms with van der Waals surface area (Å²) >= 11 is 0. The summed E-state index contributed by atoms with van der Waals surface area (Å²) in [6.45, 7) is 1.85. The molecule has 0 saturated carbocycles. The van der Waals surface area contributed by atoms with Crippen LogP contribution in [0.15, 0.2) is 53.4 Å². The van der Waals surface area contributed by atoms with E-state index in [0.29, 0.717) is 18.5 Å². The third-order valence-electron chi connectivity index (χ3n) is 4.97. The number of benzene rings is 2. The molecule has 0 spiro atoms. The molecule has 2 aromatic rings. The van der Waals surface area contributed by atoms with E-state index in [0.717, 1.165) is 11.4 Å². The maximum Gasteiger partial charge on any atom is 0.247 e. The van der Waals surface area contributed by atoms with Gasteiger partial charge in [-0.3, -0.25) is 9.59 Å². The first-order valence-electron chi connectivity index (χ1n) is 8.65. The fourth-order valence-electron chi connectivity index (χ4n) is 3.64. The molecule has 7 nitrogen and oxygen atoms in total. The van der Waals surface area contributed by atoms with E-state index in [1.165, 1.54) is 31.2 Å². The predicted molar refractivity (Wildman–Crippen MR) is 101 cm³/mol. The summed E-state index contributed by atoms with van der Waals surface area (Å²) in [5.74, 6) is -0.245. The number of amides is 1. The van der Waals surface area contributed by atoms with Gasteiger partial charge in [-0.25, -0.2) is 13.1 Å². The Morgan fingerprint density at radius 2 is 1.85 bits per heavy atom. The van der Waals surface area contributed by atoms with Gasteiger partial charge in [0.15, 0.2) is 5.78 Å². The van der Waals surface area contributed by atoms with E-state index in [1.54, 1.807) is 0 Å². The highest BCUT2D eigenvalue weighted by Gasteiger charge is 2.42. The Kier molecular flexibility index (Phi) is 4.24. The van der Waals surface area contributed by atoms with Crippen LogP contribution in [0.4, 0.5) is 11.4 Å². The van der Waals surface area contributed by atoms with Gasteiger partial charge in [-0.05, 0) is 37.6 Å². The second-order valence-electron chi connectivity index (χ2n) is 6.81. The smallest absolute Gasteiger partial charge is 0.247 e. The van der Waals surface area contributed by atoms with Crippen molar-refractivity contribution in [3.8, 4) is 0 Å². The quantitative estimate of drug-likeness (QED) is 0.782. The molecule has 0 aliphatic carbocycles. The fraction of sp³-hybridized carbons (Fsp3) is 0.263. The summed E-state index contributed by atoms with van der Waals surface area (Å²) in [7, 11) is -3.74. The predicted octanol–water partition coefficient (Wildman–Crippen LogP) is 1.77. The zero-order chi connectivity index (χ0) is 19.2. The Morgan fingerprint density at radius 1 is 1.15 bits per heavy atom. The molecule has 1 saturated heterocycles. The molecule has 0 bridgehead atoms. The van der Waals surface area contributed by atoms with Crippen molar-refractivity contribution in [2.75, 3.05) is 16.8 Å². The van der Waals surface area contributed by atoms with Gasteiger partial charge in [-0.2, -0.15) is 0 Å². The highest BCUT2D eigenvalue weighted by atomic mass is 32.2. The molecule has 2 aliphatic heterocycles. The van der Waals surface area contributed by atoms with Crippen molar-refractivity contribution < 1.29 is 18.0 Å². The number of hydrogen-bond donors (Lipinski definition) is 2. The molecule has 0 aromatic heterocycles. The van der Waals surface area contributed by atoms with Crippen LogP contribution in [0.25, 0.3) is 0 Å². The zero-order valence-corrected chi connectivity index (χ0v) is 15.5. The van der Waals surface area contributed by atoms with Crippen molar-refractivity contribution in [3.05, 3.63) is 54.1 Å². The Bertz CT molecular complexity index is 1020. The maximum atomic E-state index is 12.7. The van der Waals surface area contributed by atoms with Crippen LogP contribution in [-0.4, -0.2) is 38.7 Å². The number of ketones is 1. The molecule has 0 radical (unpaired) electrons. The van der Waals surface area contributed by atoms with Gasteiger partial charge in [0.1, 0.15) is 6.04 Å². The number of para-hydroxylation sites is 2. The van der Waals surface area contributed by atoms with Crippen LogP contribution in [0.5, 0.6) is 0 Å². The molecule has 2 heterocycles. The molecule has 1 amide bonds. The zero-order valence-electron chi connectivity index (χ0n) is 14.7. The fourth-order valence-corrected chi connectivity index (χ4v) is 4.88. The average Bonchev–Trinajstić information content (AvgIpc) is 3.06. The Balaban J connectivity index is 1.54. The van der Waals surface area contributed by atoms with Crippen LogP contribution in [-0.2, 0) is 14.8 Å². The van der Waals surface area contributed by atoms with Crippen molar-refractivity contribution in [3.63, 3.8) is 0 Å². The van der Waals surface area contributed by atoms with Crippen molar-refractivity contribution >= 4 is 33.1 Å². The molecular weight excluding hydrogens is 366 g/mol. The van der Waals surface area contributed by atoms with Gasteiger partial charge in [0.05, 0.1) is 16.3 Å². The first kappa shape index (κ1) is 17.7. The van der Waals surface area contributed by atoms with Crippen LogP contribution in [0.3, 0.4) is 0 Å². The Labute approximate surface area is 157 Å². The number of rotatable bonds is 4. The minimum Gasteiger partial charge on any atom is -0.356 e. The summed E-state index contributed by atoms with van der Waals surface area (Å²) in [4.78, 5) is 25.8. The van der Waals surface area contributed by atoms with Crippen LogP contribution in [0, 0.1) is 0 Å². The number of nitrogens with zero attached hydrogens (tertiary/aromatic N) is 1. The molecule has 2 aliphatic rings. The number of hydrogen-bond acceptors (Lipinski definition) is 5. The molecule has 2 unspecified atom stereocenters. The van der Waals surface area contributed by atoms with Gasteiger partial charge < -0.3 is 10.2 Å². The van der Waals surface area contributed by atoms with Gasteiger partial charge in [0.2, 0.25) is 15.9 Å². The molecule has 2 aromatic carbocycles. The minimum atomic E-state index is -3.74. The van der Waals surface area contributed by atoms with Crippen molar-refractivity contribution in [1.82, 2.24) is 4.72 Å². The minimum absolute atomic E-state index is 0.0993. The monoisotopic (exact) mass is 385 g/mol. The van der Waals surface area contributed by atoms with E-state index < -0.39 is 16.1 Å². The van der Waals surface area contributed by atoms with Crippen molar-refractivity contribution in [2.24, 2.45) is 0 Å². The molecular formula is C19H19N3O4S. The summed E-state index contributed by atoms with van der Waals surface area (Å²) < 4.78 is 28.1. The summed E-state index contributed by atoms with van der Waals surface area (Å²) in [5, 5.41) is 2.87. The van der Waals surface area contributed by atoms with Crippen molar-refractivity contribution in [2.45, 2.75) is 30.3 Å². The Morgan fingerprint density at radius 3 is 2.56 bits per heavy atom. The summed E-state index contributed by atoms with van der Waals surface area (Å²) in [6, 6.07) is 12.5. The number of carbonyl (C=O) groups is 2. The molecule has 140 valence electrons. The van der Waals surface area contributed by atoms with E-state index in [9.17, 15) is 18.0 Å². The number of anilines is 2. The van der Waals surface area contributed by atoms with E-state index in [2.05, 4.69) is 10.0 Å². The number of sulfonamides is 1. The average molecular weight is 385 g/mol. The molecule has 8 heteroatoms. The van der Waals surface area contributed by atoms with Gasteiger partial charge in [-0.15, -0.1) is 0 Å². The van der Waals surface area contributed by atoms with Gasteiger partial charge >= 0.3 is 0 Å². The lowest BCUT2D eigenvalue weighted by atomic mass is 10.1. The lowest BCUT2D eigenvalue weighted by molar-refractivity contribution is -0.117. The van der Waals surface area contributed by atoms with E-state index >= 15 is 0 Å². The summed E-state index contributed by atoms with van der Waals surface area (Å²) in [6.07, 6.45) is 0.394. The van der Waals surface area contributed by atoms with Crippen LogP contribution in [0.2, 0.25) is 0 Å². The molecule has 2 atom stereocenters. The number of Topliss-reactive ketones (excluding diaryl/α,β-unsaturated/α-hetero) is 1. The number of carbonyl (C=O) groups excluding carboxylic acids is 2. The first-order valence-corrected chi connectivity index (χ1v) is 10.1. The number of fused-ring (bicyclic) bond motifs is 3. The molecule has 2 N–H and O–H groups in total. The third kappa shape index (κ3) is 3.22. The van der Waals surface area contributed by atoms with E-state index in [1.807, 2.05) is 29.2 Å². The van der Waals surface area contributed by atoms with E-state index in [4.69, 9.17) is 0 Å². The van der Waals surface area contributed by atoms with Crippen LogP contribution < -0.4 is 14.9 Å². The topological polar surface area (TPSA) is 95.6 Å². The highest BCUT2D eigenvalue weighted by Crippen LogP contribution is 2.36. The largest absolute Gasteiger partial charge is 0.356 e. The second kappa shape index (κ2) is 6.47. The second-order valence-corrected chi connectivity index (χ2v) is 8.52. The number of nitrogens with one attached hydrogen (secondary N) is 2. The molecule has 1 fully saturated rings. The van der Waals surface area contributed by atoms with Gasteiger partial charge in [-0.1, -0.05) is 24.3 Å². The van der Waals surface area contributed by atoms with E-state index in [-0.39, 0.29) is 22.6 Å². The normalized spacial score (nSPS) is 21.4. The standard InChI is InChI=1S/C19H19N3O4S/c1-12(23)13-6-8-15(9-7-13)27(25,26)21-14-10-18-19(24)20-16-4-2-3-5-17(16)22(18)11-14/h2-9,14,18,21H,10-11H2,1H3,(H,20,24). The highest BCUT2D eigenvalue weighted by molar-refractivity contribution is 7.89. The van der Waals surface area contributed by atoms with Crippen molar-refractivity contribution in [1.29, 1.82) is 0 Å².